The van der Waals surface area contributed by atoms with Gasteiger partial charge in [0.1, 0.15) is 0 Å². The van der Waals surface area contributed by atoms with Gasteiger partial charge in [-0.1, -0.05) is 6.92 Å². The third-order valence-corrected chi connectivity index (χ3v) is 3.83. The van der Waals surface area contributed by atoms with Crippen LogP contribution in [0.4, 0.5) is 0 Å². The molecule has 1 unspecified atom stereocenters. The van der Waals surface area contributed by atoms with Crippen molar-refractivity contribution in [3.63, 3.8) is 0 Å². The normalized spacial score (nSPS) is 26.9. The Morgan fingerprint density at radius 3 is 3.00 bits per heavy atom. The number of nitrogens with zero attached hydrogens (tertiary/aromatic N) is 2. The monoisotopic (exact) mass is 254 g/mol. The zero-order valence-electron chi connectivity index (χ0n) is 11.4. The van der Waals surface area contributed by atoms with Gasteiger partial charge in [-0.05, 0) is 25.7 Å². The van der Waals surface area contributed by atoms with Crippen LogP contribution in [-0.2, 0) is 4.74 Å². The van der Waals surface area contributed by atoms with E-state index in [9.17, 15) is 0 Å². The van der Waals surface area contributed by atoms with Crippen molar-refractivity contribution in [3.05, 3.63) is 0 Å². The fraction of sp³-hybridized carbons (Fsp3) is 0.923. The molecule has 104 valence electrons. The number of morpholine rings is 1. The highest BCUT2D eigenvalue weighted by atomic mass is 16.5. The molecule has 18 heavy (non-hydrogen) atoms. The minimum atomic E-state index is 0.396. The second-order valence-corrected chi connectivity index (χ2v) is 5.24. The lowest BCUT2D eigenvalue weighted by Crippen LogP contribution is -2.45. The third kappa shape index (κ3) is 4.14. The number of ether oxygens (including phenoxy) is 1. The summed E-state index contributed by atoms with van der Waals surface area (Å²) in [5.74, 6) is 0.611. The van der Waals surface area contributed by atoms with Gasteiger partial charge in [0.2, 0.25) is 0 Å². The Labute approximate surface area is 110 Å². The van der Waals surface area contributed by atoms with E-state index in [2.05, 4.69) is 22.1 Å². The van der Waals surface area contributed by atoms with E-state index in [0.717, 1.165) is 39.2 Å². The summed E-state index contributed by atoms with van der Waals surface area (Å²) in [4.78, 5) is 6.81. The molecule has 1 atom stereocenters. The third-order valence-electron chi connectivity index (χ3n) is 3.83. The van der Waals surface area contributed by atoms with E-state index in [-0.39, 0.29) is 0 Å². The molecule has 0 aromatic heterocycles. The molecule has 0 bridgehead atoms. The minimum Gasteiger partial charge on any atom is -0.376 e. The number of hydrogen-bond donors (Lipinski definition) is 2. The molecule has 1 heterocycles. The van der Waals surface area contributed by atoms with E-state index in [1.807, 2.05) is 0 Å². The molecule has 0 aromatic rings. The lowest BCUT2D eigenvalue weighted by Gasteiger charge is -2.32. The van der Waals surface area contributed by atoms with Crippen molar-refractivity contribution in [1.29, 1.82) is 0 Å². The Morgan fingerprint density at radius 2 is 2.33 bits per heavy atom. The van der Waals surface area contributed by atoms with Gasteiger partial charge in [-0.15, -0.1) is 0 Å². The molecule has 1 aliphatic carbocycles. The van der Waals surface area contributed by atoms with Gasteiger partial charge in [0.25, 0.3) is 0 Å². The van der Waals surface area contributed by atoms with E-state index in [1.165, 1.54) is 19.3 Å². The van der Waals surface area contributed by atoms with Crippen LogP contribution in [0.25, 0.3) is 0 Å². The van der Waals surface area contributed by atoms with Crippen LogP contribution in [0.1, 0.15) is 32.6 Å². The van der Waals surface area contributed by atoms with E-state index in [4.69, 9.17) is 10.5 Å². The van der Waals surface area contributed by atoms with Crippen LogP contribution in [0.2, 0.25) is 0 Å². The highest BCUT2D eigenvalue weighted by Gasteiger charge is 2.19. The molecule has 2 rings (SSSR count). The topological polar surface area (TPSA) is 62.9 Å². The van der Waals surface area contributed by atoms with Gasteiger partial charge in [-0.25, -0.2) is 0 Å². The van der Waals surface area contributed by atoms with Crippen LogP contribution >= 0.6 is 0 Å². The van der Waals surface area contributed by atoms with Crippen LogP contribution in [0.3, 0.4) is 0 Å². The zero-order chi connectivity index (χ0) is 12.8. The molecule has 1 saturated heterocycles. The molecule has 5 heteroatoms. The zero-order valence-corrected chi connectivity index (χ0v) is 11.4. The molecule has 0 radical (unpaired) electrons. The first kappa shape index (κ1) is 13.6. The predicted molar refractivity (Wildman–Crippen MR) is 73.7 cm³/mol. The van der Waals surface area contributed by atoms with Gasteiger partial charge in [-0.2, -0.15) is 0 Å². The molecule has 0 aromatic carbocycles. The van der Waals surface area contributed by atoms with Crippen molar-refractivity contribution in [1.82, 2.24) is 10.2 Å². The van der Waals surface area contributed by atoms with E-state index < -0.39 is 0 Å². The lowest BCUT2D eigenvalue weighted by molar-refractivity contribution is -0.0284. The maximum Gasteiger partial charge on any atom is 0.188 e. The average Bonchev–Trinajstić information content (AvgIpc) is 2.34. The Balaban J connectivity index is 1.62. The highest BCUT2D eigenvalue weighted by molar-refractivity contribution is 5.78. The maximum absolute atomic E-state index is 5.85. The number of hydrogen-bond acceptors (Lipinski definition) is 3. The quantitative estimate of drug-likeness (QED) is 0.556. The van der Waals surface area contributed by atoms with Crippen LogP contribution in [-0.4, -0.2) is 55.8 Å². The van der Waals surface area contributed by atoms with E-state index >= 15 is 0 Å². The summed E-state index contributed by atoms with van der Waals surface area (Å²) >= 11 is 0. The van der Waals surface area contributed by atoms with E-state index in [0.29, 0.717) is 18.1 Å². The summed E-state index contributed by atoms with van der Waals surface area (Å²) in [6, 6.07) is 0.571. The summed E-state index contributed by atoms with van der Waals surface area (Å²) < 4.78 is 5.65. The van der Waals surface area contributed by atoms with Crippen LogP contribution in [0.5, 0.6) is 0 Å². The second-order valence-electron chi connectivity index (χ2n) is 5.24. The summed E-state index contributed by atoms with van der Waals surface area (Å²) in [6.07, 6.45) is 5.27. The summed E-state index contributed by atoms with van der Waals surface area (Å²) in [6.45, 7) is 6.82. The second kappa shape index (κ2) is 6.95. The van der Waals surface area contributed by atoms with E-state index in [1.54, 1.807) is 0 Å². The Morgan fingerprint density at radius 1 is 1.50 bits per heavy atom. The van der Waals surface area contributed by atoms with Gasteiger partial charge in [0.05, 0.1) is 19.3 Å². The molecule has 0 amide bonds. The Bertz CT molecular complexity index is 278. The van der Waals surface area contributed by atoms with Gasteiger partial charge in [0.15, 0.2) is 5.96 Å². The average molecular weight is 254 g/mol. The fourth-order valence-corrected chi connectivity index (χ4v) is 2.35. The molecule has 0 spiro atoms. The first-order valence-electron chi connectivity index (χ1n) is 7.18. The Hall–Kier alpha value is -0.810. The number of guanidine groups is 1. The largest absolute Gasteiger partial charge is 0.376 e. The number of aliphatic imine (C=N–C) groups is 1. The molecule has 2 fully saturated rings. The minimum absolute atomic E-state index is 0.396. The molecule has 5 nitrogen and oxygen atoms in total. The molecule has 3 N–H and O–H groups in total. The Kier molecular flexibility index (Phi) is 5.26. The summed E-state index contributed by atoms with van der Waals surface area (Å²) in [7, 11) is 0. The fourth-order valence-electron chi connectivity index (χ4n) is 2.35. The SMILES string of the molecule is CCC1CN(CCN=C(N)NC2CCC2)CCO1. The predicted octanol–water partition coefficient (Wildman–Crippen LogP) is 0.554. The smallest absolute Gasteiger partial charge is 0.188 e. The summed E-state index contributed by atoms with van der Waals surface area (Å²) in [5, 5.41) is 3.26. The standard InChI is InChI=1S/C13H26N4O/c1-2-12-10-17(8-9-18-12)7-6-15-13(14)16-11-4-3-5-11/h11-12H,2-10H2,1H3,(H3,14,15,16). The molecule has 1 aliphatic heterocycles. The summed E-state index contributed by atoms with van der Waals surface area (Å²) in [5.41, 5.74) is 5.85. The van der Waals surface area contributed by atoms with Crippen LogP contribution in [0, 0.1) is 0 Å². The van der Waals surface area contributed by atoms with Crippen molar-refractivity contribution in [2.24, 2.45) is 10.7 Å². The number of nitrogens with one attached hydrogen (secondary N) is 1. The molecular formula is C13H26N4O. The first-order valence-corrected chi connectivity index (χ1v) is 7.18. The van der Waals surface area contributed by atoms with Crippen LogP contribution in [0.15, 0.2) is 4.99 Å². The van der Waals surface area contributed by atoms with Crippen molar-refractivity contribution in [2.75, 3.05) is 32.8 Å². The first-order chi connectivity index (χ1) is 8.78. The number of rotatable bonds is 5. The lowest BCUT2D eigenvalue weighted by atomic mass is 9.93. The maximum atomic E-state index is 5.85. The van der Waals surface area contributed by atoms with Gasteiger partial charge < -0.3 is 15.8 Å². The van der Waals surface area contributed by atoms with Gasteiger partial charge in [-0.3, -0.25) is 9.89 Å². The molecular weight excluding hydrogens is 228 g/mol. The number of nitrogens with two attached hydrogens (primary N) is 1. The van der Waals surface area contributed by atoms with Crippen molar-refractivity contribution in [3.8, 4) is 0 Å². The van der Waals surface area contributed by atoms with Crippen molar-refractivity contribution >= 4 is 5.96 Å². The molecule has 1 saturated carbocycles. The van der Waals surface area contributed by atoms with Gasteiger partial charge >= 0.3 is 0 Å². The highest BCUT2D eigenvalue weighted by Crippen LogP contribution is 2.17. The molecule has 2 aliphatic rings. The van der Waals surface area contributed by atoms with Crippen molar-refractivity contribution in [2.45, 2.75) is 44.8 Å². The van der Waals surface area contributed by atoms with Crippen molar-refractivity contribution < 1.29 is 4.74 Å². The van der Waals surface area contributed by atoms with Gasteiger partial charge in [0, 0.05) is 25.7 Å². The van der Waals surface area contributed by atoms with Crippen LogP contribution < -0.4 is 11.1 Å².